The third-order valence-electron chi connectivity index (χ3n) is 3.35. The van der Waals surface area contributed by atoms with Crippen molar-refractivity contribution in [2.75, 3.05) is 13.7 Å². The van der Waals surface area contributed by atoms with Crippen molar-refractivity contribution >= 4 is 5.91 Å². The molecule has 2 N–H and O–H groups in total. The number of hydrogen-bond donors (Lipinski definition) is 2. The smallest absolute Gasteiger partial charge is 0.223 e. The Morgan fingerprint density at radius 2 is 2.05 bits per heavy atom. The summed E-state index contributed by atoms with van der Waals surface area (Å²) in [6, 6.07) is 8.74. The summed E-state index contributed by atoms with van der Waals surface area (Å²) in [5.41, 5.74) is 1.22. The Balaban J connectivity index is 1.71. The molecule has 0 aromatic heterocycles. The fraction of sp³-hybridized carbons (Fsp3) is 0.533. The molecule has 4 heteroatoms. The molecular formula is C15H22N2O2. The lowest BCUT2D eigenvalue weighted by Crippen LogP contribution is -2.26. The highest BCUT2D eigenvalue weighted by Crippen LogP contribution is 2.19. The van der Waals surface area contributed by atoms with E-state index in [0.717, 1.165) is 18.6 Å². The van der Waals surface area contributed by atoms with E-state index < -0.39 is 0 Å². The van der Waals surface area contributed by atoms with Crippen molar-refractivity contribution in [3.05, 3.63) is 29.8 Å². The maximum absolute atomic E-state index is 11.5. The van der Waals surface area contributed by atoms with Gasteiger partial charge in [0, 0.05) is 12.1 Å². The van der Waals surface area contributed by atoms with Gasteiger partial charge in [0.05, 0.1) is 13.0 Å². The SMILES string of the molecule is CNC(C)c1ccc(OCCC(=O)NC2CC2)cc1. The fourth-order valence-electron chi connectivity index (χ4n) is 1.81. The third-order valence-corrected chi connectivity index (χ3v) is 3.35. The third kappa shape index (κ3) is 4.56. The molecule has 19 heavy (non-hydrogen) atoms. The van der Waals surface area contributed by atoms with Crippen molar-refractivity contribution in [3.63, 3.8) is 0 Å². The van der Waals surface area contributed by atoms with Crippen LogP contribution in [0.15, 0.2) is 24.3 Å². The van der Waals surface area contributed by atoms with Gasteiger partial charge in [0.25, 0.3) is 0 Å². The van der Waals surface area contributed by atoms with Gasteiger partial charge in [0.1, 0.15) is 5.75 Å². The van der Waals surface area contributed by atoms with Crippen molar-refractivity contribution in [3.8, 4) is 5.75 Å². The predicted octanol–water partition coefficient (Wildman–Crippen LogP) is 2.01. The molecule has 1 aliphatic rings. The Morgan fingerprint density at radius 3 is 2.63 bits per heavy atom. The van der Waals surface area contributed by atoms with Gasteiger partial charge in [-0.25, -0.2) is 0 Å². The van der Waals surface area contributed by atoms with Gasteiger partial charge in [-0.05, 0) is 44.5 Å². The van der Waals surface area contributed by atoms with Crippen LogP contribution in [0.4, 0.5) is 0 Å². The largest absolute Gasteiger partial charge is 0.493 e. The second-order valence-electron chi connectivity index (χ2n) is 5.02. The lowest BCUT2D eigenvalue weighted by Gasteiger charge is -2.11. The molecule has 0 bridgehead atoms. The summed E-state index contributed by atoms with van der Waals surface area (Å²) in [7, 11) is 1.94. The Kier molecular flexibility index (Phi) is 4.80. The second-order valence-corrected chi connectivity index (χ2v) is 5.02. The average Bonchev–Trinajstić information content (AvgIpc) is 3.22. The van der Waals surface area contributed by atoms with E-state index in [-0.39, 0.29) is 5.91 Å². The Bertz CT molecular complexity index is 413. The van der Waals surface area contributed by atoms with E-state index in [2.05, 4.69) is 17.6 Å². The first-order valence-electron chi connectivity index (χ1n) is 6.88. The van der Waals surface area contributed by atoms with Gasteiger partial charge in [-0.2, -0.15) is 0 Å². The predicted molar refractivity (Wildman–Crippen MR) is 75.2 cm³/mol. The number of hydrogen-bond acceptors (Lipinski definition) is 3. The zero-order valence-corrected chi connectivity index (χ0v) is 11.6. The number of nitrogens with one attached hydrogen (secondary N) is 2. The van der Waals surface area contributed by atoms with Crippen LogP contribution in [0, 0.1) is 0 Å². The van der Waals surface area contributed by atoms with Crippen molar-refractivity contribution in [2.45, 2.75) is 38.3 Å². The van der Waals surface area contributed by atoms with E-state index in [1.807, 2.05) is 31.3 Å². The van der Waals surface area contributed by atoms with Crippen LogP contribution in [0.5, 0.6) is 5.75 Å². The van der Waals surface area contributed by atoms with Crippen LogP contribution in [0.1, 0.15) is 37.8 Å². The first-order valence-corrected chi connectivity index (χ1v) is 6.88. The summed E-state index contributed by atoms with van der Waals surface area (Å²) < 4.78 is 5.57. The summed E-state index contributed by atoms with van der Waals surface area (Å²) in [5, 5.41) is 6.13. The maximum Gasteiger partial charge on any atom is 0.223 e. The molecule has 0 heterocycles. The van der Waals surface area contributed by atoms with E-state index >= 15 is 0 Å². The fourth-order valence-corrected chi connectivity index (χ4v) is 1.81. The van der Waals surface area contributed by atoms with Gasteiger partial charge < -0.3 is 15.4 Å². The normalized spacial score (nSPS) is 15.9. The second kappa shape index (κ2) is 6.57. The lowest BCUT2D eigenvalue weighted by atomic mass is 10.1. The molecule has 0 saturated heterocycles. The van der Waals surface area contributed by atoms with Crippen molar-refractivity contribution < 1.29 is 9.53 Å². The molecule has 1 aromatic rings. The van der Waals surface area contributed by atoms with E-state index in [4.69, 9.17) is 4.74 Å². The number of carbonyl (C=O) groups is 1. The van der Waals surface area contributed by atoms with Crippen molar-refractivity contribution in [1.29, 1.82) is 0 Å². The highest BCUT2D eigenvalue weighted by Gasteiger charge is 2.22. The van der Waals surface area contributed by atoms with Crippen LogP contribution in [0.25, 0.3) is 0 Å². The van der Waals surface area contributed by atoms with E-state index in [9.17, 15) is 4.79 Å². The lowest BCUT2D eigenvalue weighted by molar-refractivity contribution is -0.121. The van der Waals surface area contributed by atoms with E-state index in [0.29, 0.717) is 25.1 Å². The first-order chi connectivity index (χ1) is 9.19. The Labute approximate surface area is 114 Å². The zero-order chi connectivity index (χ0) is 13.7. The van der Waals surface area contributed by atoms with Crippen LogP contribution in [-0.2, 0) is 4.79 Å². The summed E-state index contributed by atoms with van der Waals surface area (Å²) in [6.45, 7) is 2.54. The number of benzene rings is 1. The van der Waals surface area contributed by atoms with Gasteiger partial charge in [-0.15, -0.1) is 0 Å². The highest BCUT2D eigenvalue weighted by atomic mass is 16.5. The molecule has 104 valence electrons. The van der Waals surface area contributed by atoms with Crippen LogP contribution in [-0.4, -0.2) is 25.6 Å². The quantitative estimate of drug-likeness (QED) is 0.790. The van der Waals surface area contributed by atoms with Gasteiger partial charge in [0.15, 0.2) is 0 Å². The summed E-state index contributed by atoms with van der Waals surface area (Å²) >= 11 is 0. The number of carbonyl (C=O) groups excluding carboxylic acids is 1. The molecule has 4 nitrogen and oxygen atoms in total. The Hall–Kier alpha value is -1.55. The van der Waals surface area contributed by atoms with Gasteiger partial charge in [-0.1, -0.05) is 12.1 Å². The topological polar surface area (TPSA) is 50.4 Å². The number of amides is 1. The monoisotopic (exact) mass is 262 g/mol. The summed E-state index contributed by atoms with van der Waals surface area (Å²) in [6.07, 6.45) is 2.67. The van der Waals surface area contributed by atoms with Crippen LogP contribution >= 0.6 is 0 Å². The number of ether oxygens (including phenoxy) is 1. The zero-order valence-electron chi connectivity index (χ0n) is 11.6. The highest BCUT2D eigenvalue weighted by molar-refractivity contribution is 5.76. The minimum Gasteiger partial charge on any atom is -0.493 e. The average molecular weight is 262 g/mol. The molecule has 1 fully saturated rings. The molecule has 2 rings (SSSR count). The summed E-state index contributed by atoms with van der Waals surface area (Å²) in [4.78, 5) is 11.5. The van der Waals surface area contributed by atoms with E-state index in [1.54, 1.807) is 0 Å². The van der Waals surface area contributed by atoms with Crippen LogP contribution in [0.2, 0.25) is 0 Å². The van der Waals surface area contributed by atoms with Gasteiger partial charge in [-0.3, -0.25) is 4.79 Å². The van der Waals surface area contributed by atoms with Gasteiger partial charge in [0.2, 0.25) is 5.91 Å². The van der Waals surface area contributed by atoms with E-state index in [1.165, 1.54) is 5.56 Å². The molecule has 1 amide bonds. The van der Waals surface area contributed by atoms with Crippen molar-refractivity contribution in [1.82, 2.24) is 10.6 Å². The van der Waals surface area contributed by atoms with Crippen LogP contribution < -0.4 is 15.4 Å². The van der Waals surface area contributed by atoms with Crippen molar-refractivity contribution in [2.24, 2.45) is 0 Å². The maximum atomic E-state index is 11.5. The molecule has 0 radical (unpaired) electrons. The van der Waals surface area contributed by atoms with Crippen LogP contribution in [0.3, 0.4) is 0 Å². The molecular weight excluding hydrogens is 240 g/mol. The van der Waals surface area contributed by atoms with Gasteiger partial charge >= 0.3 is 0 Å². The molecule has 1 saturated carbocycles. The Morgan fingerprint density at radius 1 is 1.37 bits per heavy atom. The molecule has 1 aromatic carbocycles. The molecule has 1 aliphatic carbocycles. The standard InChI is InChI=1S/C15H22N2O2/c1-11(16-2)12-3-7-14(8-4-12)19-10-9-15(18)17-13-5-6-13/h3-4,7-8,11,13,16H,5-6,9-10H2,1-2H3,(H,17,18). The first kappa shape index (κ1) is 13.9. The minimum atomic E-state index is 0.0860. The number of rotatable bonds is 7. The minimum absolute atomic E-state index is 0.0860. The molecule has 0 aliphatic heterocycles. The molecule has 1 unspecified atom stereocenters. The molecule has 0 spiro atoms. The molecule has 1 atom stereocenters. The summed E-state index contributed by atoms with van der Waals surface area (Å²) in [5.74, 6) is 0.897.